The van der Waals surface area contributed by atoms with Crippen LogP contribution in [0.3, 0.4) is 0 Å². The molecule has 1 aliphatic heterocycles. The van der Waals surface area contributed by atoms with Gasteiger partial charge in [-0.2, -0.15) is 0 Å². The van der Waals surface area contributed by atoms with Crippen molar-refractivity contribution in [1.82, 2.24) is 0 Å². The van der Waals surface area contributed by atoms with Crippen LogP contribution < -0.4 is 0 Å². The molecule has 7 rings (SSSR count). The lowest BCUT2D eigenvalue weighted by molar-refractivity contribution is -0.328. The Morgan fingerprint density at radius 2 is 1.52 bits per heavy atom. The first-order chi connectivity index (χ1) is 26.2. The van der Waals surface area contributed by atoms with Gasteiger partial charge in [-0.3, -0.25) is 0 Å². The zero-order valence-corrected chi connectivity index (χ0v) is 33.4. The molecule has 0 radical (unpaired) electrons. The van der Waals surface area contributed by atoms with Crippen LogP contribution in [-0.4, -0.2) is 121 Å². The van der Waals surface area contributed by atoms with E-state index in [4.69, 9.17) is 14.2 Å². The molecule has 0 spiro atoms. The molecule has 5 aliphatic carbocycles. The average Bonchev–Trinajstić information content (AvgIpc) is 3.15. The van der Waals surface area contributed by atoms with E-state index in [1.807, 2.05) is 20.8 Å². The standard InChI is InChI=1S/C43H62O13/c1-38(2)18-24-23-12-13-26-39(3)16-15-28(54-37-31(49)29(47)30(48)32(55-37)35(51)52)40(4,20-44)25(39)14-17-41(26,5)42(23,6)19-27(46)43(24,21-45)33(50)34(38)56-36(53)22-10-8-7-9-11-22/h7-12,24-34,37,44-50H,13-21H2,1-6H3,(H,51,52)/t24-,25+,26-,27-,28+,29+,30+,31-,32-,33+,34-,37-,39-,40+,41-,42-,43-/m0/s1. The summed E-state index contributed by atoms with van der Waals surface area (Å²) in [6.07, 6.45) is -6.42. The maximum Gasteiger partial charge on any atom is 0.338 e. The zero-order chi connectivity index (χ0) is 41.0. The van der Waals surface area contributed by atoms with Crippen molar-refractivity contribution in [2.75, 3.05) is 13.2 Å². The molecule has 1 heterocycles. The van der Waals surface area contributed by atoms with Crippen molar-refractivity contribution in [1.29, 1.82) is 0 Å². The van der Waals surface area contributed by atoms with Crippen molar-refractivity contribution < 1.29 is 64.7 Å². The number of hydrogen-bond acceptors (Lipinski definition) is 12. The van der Waals surface area contributed by atoms with E-state index < -0.39 is 101 Å². The quantitative estimate of drug-likeness (QED) is 0.113. The fraction of sp³-hybridized carbons (Fsp3) is 0.767. The van der Waals surface area contributed by atoms with Crippen LogP contribution in [0.2, 0.25) is 0 Å². The number of allylic oxidation sites excluding steroid dienone is 2. The smallest absolute Gasteiger partial charge is 0.338 e. The Labute approximate surface area is 328 Å². The molecule has 8 N–H and O–H groups in total. The highest BCUT2D eigenvalue weighted by Crippen LogP contribution is 2.76. The van der Waals surface area contributed by atoms with Crippen LogP contribution in [0.15, 0.2) is 42.0 Å². The van der Waals surface area contributed by atoms with Crippen molar-refractivity contribution in [3.05, 3.63) is 47.5 Å². The van der Waals surface area contributed by atoms with Crippen molar-refractivity contribution in [3.8, 4) is 0 Å². The molecule has 13 heteroatoms. The highest BCUT2D eigenvalue weighted by Gasteiger charge is 2.73. The normalized spacial score (nSPS) is 49.6. The Morgan fingerprint density at radius 1 is 0.839 bits per heavy atom. The minimum absolute atomic E-state index is 0.0672. The number of esters is 1. The second kappa shape index (κ2) is 14.1. The van der Waals surface area contributed by atoms with Gasteiger partial charge >= 0.3 is 11.9 Å². The summed E-state index contributed by atoms with van der Waals surface area (Å²) in [4.78, 5) is 25.1. The van der Waals surface area contributed by atoms with Gasteiger partial charge in [0.2, 0.25) is 0 Å². The summed E-state index contributed by atoms with van der Waals surface area (Å²) < 4.78 is 17.9. The predicted octanol–water partition coefficient (Wildman–Crippen LogP) is 2.81. The summed E-state index contributed by atoms with van der Waals surface area (Å²) in [5.41, 5.74) is -2.61. The first-order valence-electron chi connectivity index (χ1n) is 20.3. The molecule has 0 aromatic heterocycles. The lowest BCUT2D eigenvalue weighted by atomic mass is 9.33. The number of ether oxygens (including phenoxy) is 3. The van der Waals surface area contributed by atoms with Crippen LogP contribution in [0.25, 0.3) is 0 Å². The zero-order valence-electron chi connectivity index (χ0n) is 33.4. The molecule has 56 heavy (non-hydrogen) atoms. The predicted molar refractivity (Wildman–Crippen MR) is 201 cm³/mol. The summed E-state index contributed by atoms with van der Waals surface area (Å²) in [7, 11) is 0. The second-order valence-corrected chi connectivity index (χ2v) is 19.7. The van der Waals surface area contributed by atoms with Crippen molar-refractivity contribution in [2.24, 2.45) is 50.2 Å². The number of carbonyl (C=O) groups excluding carboxylic acids is 1. The van der Waals surface area contributed by atoms with Crippen LogP contribution in [0.5, 0.6) is 0 Å². The van der Waals surface area contributed by atoms with Crippen LogP contribution in [0.1, 0.15) is 96.8 Å². The van der Waals surface area contributed by atoms with Crippen LogP contribution in [0.4, 0.5) is 0 Å². The van der Waals surface area contributed by atoms with E-state index >= 15 is 0 Å². The van der Waals surface area contributed by atoms with E-state index in [-0.39, 0.29) is 29.3 Å². The summed E-state index contributed by atoms with van der Waals surface area (Å²) in [5, 5.41) is 88.1. The Hall–Kier alpha value is -2.46. The topological polar surface area (TPSA) is 224 Å². The van der Waals surface area contributed by atoms with Gasteiger partial charge in [-0.15, -0.1) is 0 Å². The number of aliphatic hydroxyl groups excluding tert-OH is 7. The van der Waals surface area contributed by atoms with Crippen LogP contribution >= 0.6 is 0 Å². The summed E-state index contributed by atoms with van der Waals surface area (Å²) in [6.45, 7) is 12.0. The van der Waals surface area contributed by atoms with Crippen molar-refractivity contribution in [3.63, 3.8) is 0 Å². The van der Waals surface area contributed by atoms with Gasteiger partial charge in [0.1, 0.15) is 30.5 Å². The second-order valence-electron chi connectivity index (χ2n) is 19.7. The third-order valence-electron chi connectivity index (χ3n) is 16.8. The fourth-order valence-electron chi connectivity index (χ4n) is 13.4. The molecule has 0 bridgehead atoms. The molecule has 17 atom stereocenters. The number of carboxylic acid groups (broad SMARTS) is 1. The van der Waals surface area contributed by atoms with E-state index in [1.54, 1.807) is 30.3 Å². The molecule has 13 nitrogen and oxygen atoms in total. The number of carboxylic acids is 1. The fourth-order valence-corrected chi connectivity index (χ4v) is 13.4. The van der Waals surface area contributed by atoms with E-state index in [9.17, 15) is 50.4 Å². The van der Waals surface area contributed by atoms with Crippen molar-refractivity contribution in [2.45, 2.75) is 142 Å². The van der Waals surface area contributed by atoms with Gasteiger partial charge in [-0.1, -0.05) is 71.4 Å². The highest BCUT2D eigenvalue weighted by molar-refractivity contribution is 5.89. The summed E-state index contributed by atoms with van der Waals surface area (Å²) >= 11 is 0. The summed E-state index contributed by atoms with van der Waals surface area (Å²) in [6, 6.07) is 8.59. The number of aliphatic carboxylic acids is 1. The number of rotatable bonds is 7. The average molecular weight is 787 g/mol. The first-order valence-corrected chi connectivity index (χ1v) is 20.3. The first kappa shape index (κ1) is 41.7. The lowest BCUT2D eigenvalue weighted by Gasteiger charge is -2.72. The lowest BCUT2D eigenvalue weighted by Crippen LogP contribution is -2.72. The Bertz CT molecular complexity index is 1700. The molecule has 6 aliphatic rings. The number of carbonyl (C=O) groups is 2. The maximum absolute atomic E-state index is 13.3. The Balaban J connectivity index is 1.19. The van der Waals surface area contributed by atoms with Crippen LogP contribution in [0, 0.1) is 50.2 Å². The number of fused-ring (bicyclic) bond motifs is 7. The molecule has 0 unspecified atom stereocenters. The highest BCUT2D eigenvalue weighted by atomic mass is 16.7. The molecule has 5 fully saturated rings. The number of aliphatic hydroxyl groups is 7. The molecule has 4 saturated carbocycles. The molecule has 0 amide bonds. The van der Waals surface area contributed by atoms with Crippen molar-refractivity contribution >= 4 is 11.9 Å². The van der Waals surface area contributed by atoms with Gasteiger partial charge in [-0.25, -0.2) is 9.59 Å². The maximum atomic E-state index is 13.3. The van der Waals surface area contributed by atoms with E-state index in [1.165, 1.54) is 0 Å². The summed E-state index contributed by atoms with van der Waals surface area (Å²) in [5.74, 6) is -2.42. The van der Waals surface area contributed by atoms with E-state index in [2.05, 4.69) is 26.8 Å². The largest absolute Gasteiger partial charge is 0.479 e. The van der Waals surface area contributed by atoms with Crippen LogP contribution in [-0.2, 0) is 19.0 Å². The van der Waals surface area contributed by atoms with E-state index in [0.29, 0.717) is 44.1 Å². The van der Waals surface area contributed by atoms with Gasteiger partial charge in [0.05, 0.1) is 36.4 Å². The van der Waals surface area contributed by atoms with Gasteiger partial charge in [0, 0.05) is 10.8 Å². The number of benzene rings is 1. The third-order valence-corrected chi connectivity index (χ3v) is 16.8. The monoisotopic (exact) mass is 786 g/mol. The minimum atomic E-state index is -1.84. The third kappa shape index (κ3) is 5.73. The molecule has 1 aromatic rings. The molecule has 1 saturated heterocycles. The SMILES string of the molecule is CC1(C)C[C@H]2C3=CC[C@H]4[C@@]5(C)CC[C@@H](O[C@H]6O[C@H](C(=O)O)[C@H](O)[C@@H](O)[C@@H]6O)[C@](C)(CO)[C@@H]5CC[C@]4(C)[C@@]3(C)C[C@H](O)[C@@]2(CO)[C@H](O)[C@@H]1OC(=O)c1ccccc1. The van der Waals surface area contributed by atoms with Gasteiger partial charge in [-0.05, 0) is 91.1 Å². The molecule has 312 valence electrons. The Kier molecular flexibility index (Phi) is 10.5. The molecular formula is C43H62O13. The molecule has 1 aromatic carbocycles. The van der Waals surface area contributed by atoms with E-state index in [0.717, 1.165) is 12.0 Å². The van der Waals surface area contributed by atoms with Gasteiger partial charge in [0.15, 0.2) is 12.4 Å². The number of hydrogen-bond donors (Lipinski definition) is 8. The molecular weight excluding hydrogens is 724 g/mol. The van der Waals surface area contributed by atoms with Gasteiger partial charge < -0.3 is 55.1 Å². The minimum Gasteiger partial charge on any atom is -0.479 e. The Morgan fingerprint density at radius 3 is 2.14 bits per heavy atom. The van der Waals surface area contributed by atoms with Gasteiger partial charge in [0.25, 0.3) is 0 Å².